The fraction of sp³-hybridized carbons (Fsp3) is 0.474. The van der Waals surface area contributed by atoms with Gasteiger partial charge >= 0.3 is 0 Å². The third kappa shape index (κ3) is 2.91. The lowest BCUT2D eigenvalue weighted by Crippen LogP contribution is -2.17. The molecule has 21 heavy (non-hydrogen) atoms. The SMILES string of the molecule is CC.CC/C=C\C1=C(C)S2(CCCC2)c2ccccc2N1. The van der Waals surface area contributed by atoms with E-state index < -0.39 is 10.0 Å². The highest BCUT2D eigenvalue weighted by atomic mass is 32.3. The maximum Gasteiger partial charge on any atom is 0.0510 e. The summed E-state index contributed by atoms with van der Waals surface area (Å²) < 4.78 is 0. The highest BCUT2D eigenvalue weighted by Crippen LogP contribution is 2.70. The second-order valence-corrected chi connectivity index (χ2v) is 9.04. The summed E-state index contributed by atoms with van der Waals surface area (Å²) >= 11 is 0. The molecule has 2 heteroatoms. The molecule has 1 spiro atoms. The van der Waals surface area contributed by atoms with Crippen LogP contribution in [0.4, 0.5) is 5.69 Å². The maximum atomic E-state index is 3.65. The Kier molecular flexibility index (Phi) is 5.58. The van der Waals surface area contributed by atoms with Crippen LogP contribution in [-0.2, 0) is 0 Å². The van der Waals surface area contributed by atoms with Gasteiger partial charge in [0.05, 0.1) is 5.69 Å². The molecule has 0 aliphatic carbocycles. The van der Waals surface area contributed by atoms with Gasteiger partial charge in [-0.25, -0.2) is 0 Å². The fourth-order valence-corrected chi connectivity index (χ4v) is 7.64. The molecular formula is C19H29NS. The lowest BCUT2D eigenvalue weighted by molar-refractivity contribution is 0.949. The predicted octanol–water partition coefficient (Wildman–Crippen LogP) is 6.29. The molecule has 2 aliphatic heterocycles. The van der Waals surface area contributed by atoms with Crippen LogP contribution < -0.4 is 5.32 Å². The van der Waals surface area contributed by atoms with Crippen LogP contribution in [-0.4, -0.2) is 11.5 Å². The van der Waals surface area contributed by atoms with Gasteiger partial charge in [0, 0.05) is 10.6 Å². The van der Waals surface area contributed by atoms with Crippen molar-refractivity contribution in [2.45, 2.75) is 51.9 Å². The first-order valence-corrected chi connectivity index (χ1v) is 10.3. The Bertz CT molecular complexity index is 536. The minimum absolute atomic E-state index is 0.714. The van der Waals surface area contributed by atoms with Crippen molar-refractivity contribution < 1.29 is 0 Å². The van der Waals surface area contributed by atoms with Gasteiger partial charge in [-0.3, -0.25) is 0 Å². The van der Waals surface area contributed by atoms with Crippen molar-refractivity contribution in [1.82, 2.24) is 0 Å². The summed E-state index contributed by atoms with van der Waals surface area (Å²) in [5.41, 5.74) is 2.71. The van der Waals surface area contributed by atoms with Crippen LogP contribution in [0.25, 0.3) is 0 Å². The third-order valence-corrected chi connectivity index (χ3v) is 8.86. The minimum atomic E-state index is -0.714. The number of hydrogen-bond donors (Lipinski definition) is 1. The molecule has 1 nitrogen and oxygen atoms in total. The van der Waals surface area contributed by atoms with E-state index in [2.05, 4.69) is 55.6 Å². The highest BCUT2D eigenvalue weighted by Gasteiger charge is 2.37. The molecule has 1 fully saturated rings. The van der Waals surface area contributed by atoms with Gasteiger partial charge in [-0.1, -0.05) is 39.0 Å². The number of rotatable bonds is 2. The molecule has 2 aliphatic rings. The number of anilines is 1. The van der Waals surface area contributed by atoms with E-state index in [0.717, 1.165) is 6.42 Å². The Balaban J connectivity index is 0.000000774. The molecule has 0 unspecified atom stereocenters. The number of fused-ring (bicyclic) bond motifs is 2. The quantitative estimate of drug-likeness (QED) is 0.676. The van der Waals surface area contributed by atoms with Crippen LogP contribution >= 0.6 is 10.0 Å². The van der Waals surface area contributed by atoms with Crippen molar-refractivity contribution in [3.63, 3.8) is 0 Å². The van der Waals surface area contributed by atoms with Crippen LogP contribution in [0, 0.1) is 0 Å². The van der Waals surface area contributed by atoms with Crippen molar-refractivity contribution in [1.29, 1.82) is 0 Å². The zero-order chi connectivity index (χ0) is 15.3. The van der Waals surface area contributed by atoms with Crippen molar-refractivity contribution >= 4 is 15.7 Å². The maximum absolute atomic E-state index is 3.65. The summed E-state index contributed by atoms with van der Waals surface area (Å²) in [6.45, 7) is 8.56. The van der Waals surface area contributed by atoms with Gasteiger partial charge in [0.1, 0.15) is 0 Å². The molecule has 2 heterocycles. The highest BCUT2D eigenvalue weighted by molar-refractivity contribution is 8.37. The molecule has 1 aromatic carbocycles. The normalized spacial score (nSPS) is 20.8. The van der Waals surface area contributed by atoms with Crippen molar-refractivity contribution in [3.8, 4) is 0 Å². The molecule has 0 bridgehead atoms. The molecule has 1 aromatic rings. The average Bonchev–Trinajstić information content (AvgIpc) is 3.02. The first-order chi connectivity index (χ1) is 10.3. The summed E-state index contributed by atoms with van der Waals surface area (Å²) in [6.07, 6.45) is 8.44. The molecule has 0 radical (unpaired) electrons. The Morgan fingerprint density at radius 3 is 2.48 bits per heavy atom. The van der Waals surface area contributed by atoms with Gasteiger partial charge in [0.15, 0.2) is 0 Å². The summed E-state index contributed by atoms with van der Waals surface area (Å²) in [5.74, 6) is 2.78. The van der Waals surface area contributed by atoms with E-state index in [1.165, 1.54) is 35.7 Å². The number of hydrogen-bond acceptors (Lipinski definition) is 1. The molecular weight excluding hydrogens is 274 g/mol. The predicted molar refractivity (Wildman–Crippen MR) is 98.4 cm³/mol. The van der Waals surface area contributed by atoms with Crippen LogP contribution in [0.3, 0.4) is 0 Å². The van der Waals surface area contributed by atoms with E-state index in [9.17, 15) is 0 Å². The molecule has 0 aromatic heterocycles. The van der Waals surface area contributed by atoms with Crippen LogP contribution in [0.1, 0.15) is 47.0 Å². The number of benzene rings is 1. The standard InChI is InChI=1S/C17H23NS.C2H6/c1-3-4-9-15-14(2)19(12-7-8-13-19)17-11-6-5-10-16(17)18-15;1-2/h4-6,9-11,18H,3,7-8,12-13H2,1-2H3;1-2H3/b9-4-;. The van der Waals surface area contributed by atoms with Gasteiger partial charge < -0.3 is 5.32 Å². The summed E-state index contributed by atoms with van der Waals surface area (Å²) in [4.78, 5) is 3.21. The monoisotopic (exact) mass is 303 g/mol. The molecule has 116 valence electrons. The zero-order valence-corrected chi connectivity index (χ0v) is 14.7. The summed E-state index contributed by atoms with van der Waals surface area (Å²) in [6, 6.07) is 8.95. The molecule has 1 N–H and O–H groups in total. The smallest absolute Gasteiger partial charge is 0.0510 e. The number of para-hydroxylation sites is 1. The van der Waals surface area contributed by atoms with Gasteiger partial charge in [0.25, 0.3) is 0 Å². The van der Waals surface area contributed by atoms with Gasteiger partial charge in [0.2, 0.25) is 0 Å². The van der Waals surface area contributed by atoms with Crippen LogP contribution in [0.15, 0.2) is 51.9 Å². The van der Waals surface area contributed by atoms with Crippen molar-refractivity contribution in [2.24, 2.45) is 0 Å². The second kappa shape index (κ2) is 7.22. The topological polar surface area (TPSA) is 12.0 Å². The van der Waals surface area contributed by atoms with Crippen LogP contribution in [0.2, 0.25) is 0 Å². The Morgan fingerprint density at radius 2 is 1.81 bits per heavy atom. The van der Waals surface area contributed by atoms with Crippen molar-refractivity contribution in [2.75, 3.05) is 16.8 Å². The lowest BCUT2D eigenvalue weighted by Gasteiger charge is -2.43. The molecule has 3 rings (SSSR count). The first-order valence-electron chi connectivity index (χ1n) is 8.30. The largest absolute Gasteiger partial charge is 0.354 e. The Morgan fingerprint density at radius 1 is 1.14 bits per heavy atom. The molecule has 1 saturated heterocycles. The van der Waals surface area contributed by atoms with Crippen molar-refractivity contribution in [3.05, 3.63) is 47.0 Å². The first kappa shape index (κ1) is 16.2. The Labute approximate surface area is 131 Å². The molecule has 0 saturated carbocycles. The third-order valence-electron chi connectivity index (χ3n) is 4.30. The minimum Gasteiger partial charge on any atom is -0.354 e. The average molecular weight is 304 g/mol. The van der Waals surface area contributed by atoms with E-state index in [-0.39, 0.29) is 0 Å². The summed E-state index contributed by atoms with van der Waals surface area (Å²) in [5, 5.41) is 3.65. The number of allylic oxidation sites excluding steroid dienone is 3. The van der Waals surface area contributed by atoms with Gasteiger partial charge in [-0.15, -0.1) is 0 Å². The lowest BCUT2D eigenvalue weighted by atomic mass is 10.2. The van der Waals surface area contributed by atoms with E-state index >= 15 is 0 Å². The van der Waals surface area contributed by atoms with E-state index in [1.807, 2.05) is 13.8 Å². The van der Waals surface area contributed by atoms with E-state index in [1.54, 1.807) is 9.80 Å². The zero-order valence-electron chi connectivity index (χ0n) is 13.9. The Hall–Kier alpha value is -1.15. The molecule has 0 atom stereocenters. The fourth-order valence-electron chi connectivity index (χ4n) is 3.24. The molecule has 0 amide bonds. The summed E-state index contributed by atoms with van der Waals surface area (Å²) in [7, 11) is -0.714. The van der Waals surface area contributed by atoms with Crippen LogP contribution in [0.5, 0.6) is 0 Å². The number of nitrogens with one attached hydrogen (secondary N) is 1. The second-order valence-electron chi connectivity index (χ2n) is 5.40. The van der Waals surface area contributed by atoms with E-state index in [4.69, 9.17) is 0 Å². The van der Waals surface area contributed by atoms with E-state index in [0.29, 0.717) is 0 Å². The van der Waals surface area contributed by atoms with Gasteiger partial charge in [-0.2, -0.15) is 10.0 Å². The van der Waals surface area contributed by atoms with Gasteiger partial charge in [-0.05, 0) is 60.8 Å².